The van der Waals surface area contributed by atoms with Crippen LogP contribution in [-0.4, -0.2) is 179 Å². The number of rotatable bonds is 20. The van der Waals surface area contributed by atoms with Crippen LogP contribution < -0.4 is 37.7 Å². The fraction of sp³-hybridized carbons (Fsp3) is 0.571. The summed E-state index contributed by atoms with van der Waals surface area (Å²) in [6, 6.07) is 0.926. The fourth-order valence-corrected chi connectivity index (χ4v) is 14.5. The van der Waals surface area contributed by atoms with Crippen molar-refractivity contribution < 1.29 is 99.3 Å². The minimum atomic E-state index is -6.00. The summed E-state index contributed by atoms with van der Waals surface area (Å²) in [5, 5.41) is 33.0. The van der Waals surface area contributed by atoms with Crippen molar-refractivity contribution >= 4 is 70.9 Å². The normalized spacial score (nSPS) is 30.0. The number of nitrogens with one attached hydrogen (secondary N) is 3. The van der Waals surface area contributed by atoms with Crippen molar-refractivity contribution in [1.29, 1.82) is 0 Å². The topological polar surface area (TPSA) is 521 Å². The molecule has 418 valence electrons. The summed E-state index contributed by atoms with van der Waals surface area (Å²) in [4.78, 5) is 116. The first-order valence-electron chi connectivity index (χ1n) is 22.0. The van der Waals surface area contributed by atoms with Crippen LogP contribution in [0.15, 0.2) is 45.6 Å². The second-order valence-electron chi connectivity index (χ2n) is 17.5. The molecule has 37 nitrogen and oxygen atoms in total. The first-order chi connectivity index (χ1) is 35.5. The molecule has 5 aromatic heterocycles. The highest BCUT2D eigenvalue weighted by atomic mass is 31.3. The van der Waals surface area contributed by atoms with Gasteiger partial charge in [0.25, 0.3) is 17.1 Å². The zero-order valence-corrected chi connectivity index (χ0v) is 43.4. The first-order valence-corrected chi connectivity index (χ1v) is 28.3. The third kappa shape index (κ3) is 11.7. The number of aromatic nitrogens is 10. The summed E-state index contributed by atoms with van der Waals surface area (Å²) < 4.78 is 102. The van der Waals surface area contributed by atoms with Crippen molar-refractivity contribution in [2.75, 3.05) is 52.5 Å². The number of nitrogen functional groups attached to an aromatic ring is 2. The Morgan fingerprint density at radius 3 is 2.24 bits per heavy atom. The van der Waals surface area contributed by atoms with Gasteiger partial charge in [-0.3, -0.25) is 51.7 Å². The van der Waals surface area contributed by atoms with E-state index in [2.05, 4.69) is 29.2 Å². The van der Waals surface area contributed by atoms with Gasteiger partial charge in [0, 0.05) is 45.8 Å². The molecule has 0 radical (unpaired) electrons. The highest BCUT2D eigenvalue weighted by Crippen LogP contribution is 2.63. The number of phosphoric acid groups is 1. The van der Waals surface area contributed by atoms with E-state index in [1.165, 1.54) is 50.9 Å². The lowest BCUT2D eigenvalue weighted by atomic mass is 9.94. The summed E-state index contributed by atoms with van der Waals surface area (Å²) >= 11 is 0. The third-order valence-electron chi connectivity index (χ3n) is 12.3. The number of hydrogen-bond acceptors (Lipinski definition) is 25. The zero-order valence-electron chi connectivity index (χ0n) is 39.8. The van der Waals surface area contributed by atoms with Crippen molar-refractivity contribution in [3.05, 3.63) is 62.4 Å². The van der Waals surface area contributed by atoms with Gasteiger partial charge in [0.15, 0.2) is 30.2 Å². The van der Waals surface area contributed by atoms with Crippen LogP contribution >= 0.6 is 30.9 Å². The molecule has 0 spiro atoms. The minimum absolute atomic E-state index is 0.00321. The lowest BCUT2D eigenvalue weighted by Crippen LogP contribution is -2.45. The number of fused-ring (bicyclic) bond motifs is 2. The van der Waals surface area contributed by atoms with E-state index >= 15 is 0 Å². The highest BCUT2D eigenvalue weighted by molar-refractivity contribution is 7.71. The molecule has 0 aliphatic carbocycles. The number of imidazole rings is 2. The van der Waals surface area contributed by atoms with Gasteiger partial charge in [0.05, 0.1) is 39.3 Å². The Bertz CT molecular complexity index is 3390. The first kappa shape index (κ1) is 57.1. The molecule has 5 unspecified atom stereocenters. The van der Waals surface area contributed by atoms with Gasteiger partial charge in [0.1, 0.15) is 54.1 Å². The largest absolute Gasteiger partial charge is 0.480 e. The molecule has 16 atom stereocenters. The Kier molecular flexibility index (Phi) is 16.3. The van der Waals surface area contributed by atoms with Gasteiger partial charge in [-0.05, 0) is 0 Å². The molecule has 76 heavy (non-hydrogen) atoms. The average molecular weight is 1160 g/mol. The predicted molar refractivity (Wildman–Crippen MR) is 250 cm³/mol. The van der Waals surface area contributed by atoms with E-state index in [1.807, 2.05) is 4.98 Å². The number of H-pyrrole nitrogens is 2. The number of aryl methyl sites for hydroxylation is 1. The SMILES string of the molecule is CO[C@@H]1[C@H](P(=O)(O)OC[C@H]2O[C@@H](n3ccc(=O)[nH]c3=O)[C@H](O)[C@@H]2O)[C@@H](COP(=O)(O)NP(=O)(O)OP(=O)(O)OC[C@H]2OC([n+]3cn(C)c4c(=O)[nH]c(N)nc43)[C@H](O)[C@@H]2CC(=O)N(C)C)O[C@H]1n1cnc2c(N)ncnc21. The molecule has 41 heteroatoms. The van der Waals surface area contributed by atoms with Crippen molar-refractivity contribution in [3.63, 3.8) is 0 Å². The molecular formula is C35H51N14O23P4+. The summed E-state index contributed by atoms with van der Waals surface area (Å²) in [7, 11) is -17.5. The van der Waals surface area contributed by atoms with Gasteiger partial charge < -0.3 is 74.7 Å². The standard InChI is InChI=1S/C35H50N14O23P4/c1-45(2)19(51)7-14-15(69-31(22(14)52)49-13-46(3)21-29(49)42-34(37)43-30(21)55)8-68-76(63,64)72-75(61,62)44-74(59,60)67-10-17-26(25(65-4)33(71-17)48-12-40-20-27(36)38-11-39-28(20)48)73(57,58)66-9-16-23(53)24(54)32(70-16)47-6-5-18(50)41-35(47)56/h5-6,11-17,22-26,31-33,52-54H,7-10H2,1-4H3,(H10-,36,37,38,39,41,42,43,44,50,55,56,57,58,59,60,61,62,63,64)/p+1/t14-,15-,16-,17-,22-,23-,24-,25-,26-,31?,32-,33-/m1/s1. The highest BCUT2D eigenvalue weighted by Gasteiger charge is 2.58. The van der Waals surface area contributed by atoms with E-state index in [9.17, 15) is 72.3 Å². The summed E-state index contributed by atoms with van der Waals surface area (Å²) in [5.41, 5.74) is 7.22. The lowest BCUT2D eigenvalue weighted by Gasteiger charge is -2.28. The number of nitrogens with two attached hydrogens (primary N) is 2. The van der Waals surface area contributed by atoms with Gasteiger partial charge in [-0.15, -0.1) is 4.86 Å². The van der Waals surface area contributed by atoms with Gasteiger partial charge >= 0.3 is 42.2 Å². The summed E-state index contributed by atoms with van der Waals surface area (Å²) in [6.45, 7) is -3.29. The maximum atomic E-state index is 14.3. The number of aliphatic hydroxyl groups excluding tert-OH is 3. The van der Waals surface area contributed by atoms with E-state index in [4.69, 9.17) is 44.0 Å². The molecule has 3 saturated heterocycles. The van der Waals surface area contributed by atoms with Crippen LogP contribution in [0.2, 0.25) is 0 Å². The molecule has 0 saturated carbocycles. The number of carbonyl (C=O) groups excluding carboxylic acids is 1. The van der Waals surface area contributed by atoms with E-state index < -0.39 is 153 Å². The van der Waals surface area contributed by atoms with Crippen molar-refractivity contribution in [2.24, 2.45) is 13.0 Å². The predicted octanol–water partition coefficient (Wildman–Crippen LogP) is -4.50. The number of anilines is 2. The Labute approximate surface area is 424 Å². The maximum absolute atomic E-state index is 14.3. The molecule has 14 N–H and O–H groups in total. The Hall–Kier alpha value is -5.07. The third-order valence-corrected chi connectivity index (χ3v) is 18.9. The van der Waals surface area contributed by atoms with Gasteiger partial charge in [-0.2, -0.15) is 4.31 Å². The van der Waals surface area contributed by atoms with Gasteiger partial charge in [0.2, 0.25) is 17.7 Å². The molecule has 0 aromatic carbocycles. The smallest absolute Gasteiger partial charge is 0.387 e. The molecule has 8 heterocycles. The van der Waals surface area contributed by atoms with Crippen molar-refractivity contribution in [3.8, 4) is 0 Å². The molecular weight excluding hydrogens is 1110 g/mol. The second-order valence-corrected chi connectivity index (χ2v) is 24.5. The van der Waals surface area contributed by atoms with Crippen molar-refractivity contribution in [2.45, 2.75) is 73.5 Å². The number of methoxy groups -OCH3 is 1. The number of aromatic amines is 2. The van der Waals surface area contributed by atoms with Crippen LogP contribution in [0.3, 0.4) is 0 Å². The maximum Gasteiger partial charge on any atom is 0.480 e. The van der Waals surface area contributed by atoms with Crippen LogP contribution in [0.5, 0.6) is 0 Å². The van der Waals surface area contributed by atoms with Gasteiger partial charge in [-0.1, -0.05) is 4.98 Å². The van der Waals surface area contributed by atoms with Gasteiger partial charge in [-0.25, -0.2) is 38.0 Å². The molecule has 3 aliphatic rings. The number of phosphoric ester groups is 1. The van der Waals surface area contributed by atoms with E-state index in [0.29, 0.717) is 0 Å². The lowest BCUT2D eigenvalue weighted by molar-refractivity contribution is -0.745. The molecule has 5 aromatic rings. The van der Waals surface area contributed by atoms with Crippen LogP contribution in [0, 0.1) is 5.92 Å². The van der Waals surface area contributed by atoms with Crippen LogP contribution in [0.25, 0.3) is 22.3 Å². The Morgan fingerprint density at radius 2 is 1.55 bits per heavy atom. The fourth-order valence-electron chi connectivity index (χ4n) is 8.77. The number of nitrogens with zero attached hydrogens (tertiary/aromatic N) is 9. The van der Waals surface area contributed by atoms with Crippen LogP contribution in [-0.2, 0) is 66.9 Å². The number of carbonyl (C=O) groups is 1. The van der Waals surface area contributed by atoms with E-state index in [-0.39, 0.29) is 34.1 Å². The summed E-state index contributed by atoms with van der Waals surface area (Å²) in [5.74, 6) is -2.17. The number of amides is 1. The number of ether oxygens (including phenoxy) is 4. The molecule has 0 bridgehead atoms. The quantitative estimate of drug-likeness (QED) is 0.0258. The van der Waals surface area contributed by atoms with Crippen molar-refractivity contribution in [1.82, 2.24) is 53.4 Å². The molecule has 3 fully saturated rings. The Balaban J connectivity index is 0.969. The summed E-state index contributed by atoms with van der Waals surface area (Å²) in [6.07, 6.45) is -12.5. The monoisotopic (exact) mass is 1160 g/mol. The molecule has 1 amide bonds. The van der Waals surface area contributed by atoms with Crippen LogP contribution in [0.4, 0.5) is 11.8 Å². The van der Waals surface area contributed by atoms with E-state index in [1.54, 1.807) is 0 Å². The second kappa shape index (κ2) is 21.6. The molecule has 3 aliphatic heterocycles. The zero-order chi connectivity index (χ0) is 55.6. The van der Waals surface area contributed by atoms with Crippen LogP contribution in [0.1, 0.15) is 25.1 Å². The van der Waals surface area contributed by atoms with E-state index in [0.717, 1.165) is 36.6 Å². The minimum Gasteiger partial charge on any atom is -0.387 e. The molecule has 8 rings (SSSR count). The average Bonchev–Trinajstić information content (AvgIpc) is 4.13. The Morgan fingerprint density at radius 1 is 0.868 bits per heavy atom. The number of aliphatic hydroxyl groups is 3. The number of hydrogen-bond donors (Lipinski definition) is 12.